The average molecular weight is 631 g/mol. The van der Waals surface area contributed by atoms with Crippen LogP contribution in [0, 0.1) is 0 Å². The van der Waals surface area contributed by atoms with Crippen LogP contribution in [0.3, 0.4) is 0 Å². The zero-order chi connectivity index (χ0) is 27.5. The largest absolute Gasteiger partial charge is 0.350 e. The lowest BCUT2D eigenvalue weighted by Crippen LogP contribution is -2.58. The predicted octanol–water partition coefficient (Wildman–Crippen LogP) is 6.09. The molecule has 2 aromatic rings. The van der Waals surface area contributed by atoms with Crippen molar-refractivity contribution >= 4 is 55.4 Å². The van der Waals surface area contributed by atoms with E-state index >= 15 is 4.39 Å². The van der Waals surface area contributed by atoms with Gasteiger partial charge in [0.1, 0.15) is 0 Å². The minimum absolute atomic E-state index is 0.0274. The number of benzene rings is 2. The summed E-state index contributed by atoms with van der Waals surface area (Å²) in [7, 11) is -0.450. The van der Waals surface area contributed by atoms with Gasteiger partial charge >= 0.3 is 0 Å². The highest BCUT2D eigenvalue weighted by Gasteiger charge is 2.45. The summed E-state index contributed by atoms with van der Waals surface area (Å²) in [5.41, 5.74) is -0.123. The van der Waals surface area contributed by atoms with Crippen molar-refractivity contribution < 1.29 is 22.8 Å². The van der Waals surface area contributed by atoms with E-state index in [-0.39, 0.29) is 19.4 Å². The Labute approximate surface area is 236 Å². The van der Waals surface area contributed by atoms with Crippen LogP contribution in [0.4, 0.5) is 13.2 Å². The van der Waals surface area contributed by atoms with Crippen LogP contribution in [0.25, 0.3) is 11.1 Å². The molecule has 0 radical (unpaired) electrons. The lowest BCUT2D eigenvalue weighted by molar-refractivity contribution is -0.160. The molecule has 38 heavy (non-hydrogen) atoms. The third-order valence-corrected chi connectivity index (χ3v) is 9.55. The fourth-order valence-electron chi connectivity index (χ4n) is 4.50. The fraction of sp³-hybridized carbons (Fsp3) is 0.370. The molecule has 0 aliphatic carbocycles. The zero-order valence-electron chi connectivity index (χ0n) is 20.7. The number of hydrogen-bond donors (Lipinski definition) is 1. The minimum atomic E-state index is -2.84. The van der Waals surface area contributed by atoms with E-state index in [2.05, 4.69) is 30.9 Å². The van der Waals surface area contributed by atoms with Gasteiger partial charge in [-0.05, 0) is 42.1 Å². The fourth-order valence-corrected chi connectivity index (χ4v) is 7.10. The Morgan fingerprint density at radius 3 is 2.42 bits per heavy atom. The van der Waals surface area contributed by atoms with Crippen molar-refractivity contribution in [2.45, 2.75) is 36.3 Å². The van der Waals surface area contributed by atoms with Gasteiger partial charge in [-0.15, -0.1) is 0 Å². The number of hydrogen-bond acceptors (Lipinski definition) is 3. The van der Waals surface area contributed by atoms with Crippen LogP contribution in [0.15, 0.2) is 64.0 Å². The number of carbonyl (C=O) groups is 2. The number of carbonyl (C=O) groups excluding carboxylic acids is 2. The molecule has 5 nitrogen and oxygen atoms in total. The third kappa shape index (κ3) is 6.52. The second kappa shape index (κ2) is 11.9. The number of alkyl halides is 3. The maximum atomic E-state index is 15.6. The van der Waals surface area contributed by atoms with E-state index in [0.29, 0.717) is 18.1 Å². The highest BCUT2D eigenvalue weighted by atomic mass is 79.9. The summed E-state index contributed by atoms with van der Waals surface area (Å²) >= 11 is 10.1. The lowest BCUT2D eigenvalue weighted by Gasteiger charge is -2.38. The first-order valence-electron chi connectivity index (χ1n) is 12.2. The predicted molar refractivity (Wildman–Crippen MR) is 151 cm³/mol. The van der Waals surface area contributed by atoms with E-state index < -0.39 is 47.2 Å². The Morgan fingerprint density at radius 2 is 1.79 bits per heavy atom. The quantitative estimate of drug-likeness (QED) is 0.298. The molecule has 204 valence electrons. The van der Waals surface area contributed by atoms with Gasteiger partial charge in [-0.2, -0.15) is 0 Å². The zero-order valence-corrected chi connectivity index (χ0v) is 23.9. The molecule has 4 rings (SSSR count). The number of amides is 2. The Kier molecular flexibility index (Phi) is 9.07. The van der Waals surface area contributed by atoms with Crippen molar-refractivity contribution in [1.29, 1.82) is 0 Å². The van der Waals surface area contributed by atoms with Crippen molar-refractivity contribution in [3.63, 3.8) is 0 Å². The Bertz CT molecular complexity index is 1270. The third-order valence-electron chi connectivity index (χ3n) is 6.55. The standard InChI is InChI=1S/C27H28BrClF3N3O2S/c1-2-38(23-10-9-19(28)16-21(23)20-6-3-4-7-22(20)29)35-14-11-26(30,12-15-35)25(37)33-13-5-8-24(36)34-17-27(31,32)18-34/h2-10,16H,11-15,17-18H2,1H3,(H,33,37)/b8-5-. The lowest BCUT2D eigenvalue weighted by atomic mass is 9.93. The number of nitrogens with zero attached hydrogens (tertiary/aromatic N) is 2. The summed E-state index contributed by atoms with van der Waals surface area (Å²) < 4.78 is 44.4. The molecule has 2 aliphatic heterocycles. The first kappa shape index (κ1) is 28.9. The van der Waals surface area contributed by atoms with Crippen LogP contribution in [-0.4, -0.2) is 70.7 Å². The van der Waals surface area contributed by atoms with E-state index in [1.54, 1.807) is 0 Å². The molecule has 1 atom stereocenters. The van der Waals surface area contributed by atoms with E-state index in [1.165, 1.54) is 6.08 Å². The summed E-state index contributed by atoms with van der Waals surface area (Å²) in [4.78, 5) is 26.5. The maximum Gasteiger partial charge on any atom is 0.282 e. The van der Waals surface area contributed by atoms with Crippen molar-refractivity contribution in [3.8, 4) is 11.1 Å². The van der Waals surface area contributed by atoms with Crippen LogP contribution in [0.2, 0.25) is 5.02 Å². The van der Waals surface area contributed by atoms with Crippen LogP contribution in [0.5, 0.6) is 0 Å². The van der Waals surface area contributed by atoms with Gasteiger partial charge in [-0.3, -0.25) is 13.9 Å². The molecule has 2 fully saturated rings. The highest BCUT2D eigenvalue weighted by Crippen LogP contribution is 2.44. The summed E-state index contributed by atoms with van der Waals surface area (Å²) in [5.74, 6) is -4.12. The molecule has 2 aliphatic rings. The van der Waals surface area contributed by atoms with Gasteiger partial charge in [0.25, 0.3) is 11.8 Å². The molecule has 2 heterocycles. The Hall–Kier alpha value is -2.14. The normalized spacial score (nSPS) is 19.8. The number of halogens is 5. The van der Waals surface area contributed by atoms with Crippen LogP contribution in [0.1, 0.15) is 19.8 Å². The van der Waals surface area contributed by atoms with E-state index in [9.17, 15) is 18.4 Å². The minimum Gasteiger partial charge on any atom is -0.350 e. The molecule has 2 aromatic carbocycles. The van der Waals surface area contributed by atoms with E-state index in [4.69, 9.17) is 11.6 Å². The number of rotatable bonds is 7. The van der Waals surface area contributed by atoms with Gasteiger partial charge in [0.15, 0.2) is 5.67 Å². The maximum absolute atomic E-state index is 15.6. The molecule has 0 spiro atoms. The Balaban J connectivity index is 1.37. The number of piperidine rings is 1. The molecule has 2 saturated heterocycles. The second-order valence-electron chi connectivity index (χ2n) is 9.23. The van der Waals surface area contributed by atoms with E-state index in [1.807, 2.05) is 49.4 Å². The molecule has 0 saturated carbocycles. The average Bonchev–Trinajstić information content (AvgIpc) is 2.87. The summed E-state index contributed by atoms with van der Waals surface area (Å²) in [6.45, 7) is 1.46. The SMILES string of the molecule is C/C=S(\c1ccc(Br)cc1-c1ccccc1Cl)N1CCC(F)(C(=O)NC/C=C\C(=O)N2CC(F)(F)C2)CC1. The molecule has 1 N–H and O–H groups in total. The summed E-state index contributed by atoms with van der Waals surface area (Å²) in [6, 6.07) is 13.7. The summed E-state index contributed by atoms with van der Waals surface area (Å²) in [6.07, 6.45) is 2.53. The molecule has 0 aromatic heterocycles. The molecule has 1 unspecified atom stereocenters. The smallest absolute Gasteiger partial charge is 0.282 e. The first-order valence-corrected chi connectivity index (χ1v) is 14.6. The second-order valence-corrected chi connectivity index (χ2v) is 12.6. The monoisotopic (exact) mass is 629 g/mol. The molecule has 0 bridgehead atoms. The van der Waals surface area contributed by atoms with Crippen LogP contribution >= 0.6 is 38.2 Å². The number of nitrogens with one attached hydrogen (secondary N) is 1. The van der Waals surface area contributed by atoms with Gasteiger partial charge in [0.05, 0.1) is 13.1 Å². The van der Waals surface area contributed by atoms with Crippen LogP contribution in [-0.2, 0) is 9.59 Å². The van der Waals surface area contributed by atoms with E-state index in [0.717, 1.165) is 31.5 Å². The first-order chi connectivity index (χ1) is 18.0. The molecular weight excluding hydrogens is 603 g/mol. The van der Waals surface area contributed by atoms with Crippen molar-refractivity contribution in [2.75, 3.05) is 32.7 Å². The van der Waals surface area contributed by atoms with Crippen molar-refractivity contribution in [2.24, 2.45) is 0 Å². The topological polar surface area (TPSA) is 52.7 Å². The Morgan fingerprint density at radius 1 is 1.11 bits per heavy atom. The molecule has 2 amide bonds. The highest BCUT2D eigenvalue weighted by molar-refractivity contribution is 9.10. The van der Waals surface area contributed by atoms with Crippen LogP contribution < -0.4 is 5.32 Å². The number of likely N-dealkylation sites (tertiary alicyclic amines) is 1. The molecule has 11 heteroatoms. The van der Waals surface area contributed by atoms with Gasteiger partial charge < -0.3 is 10.2 Å². The summed E-state index contributed by atoms with van der Waals surface area (Å²) in [5, 5.41) is 5.24. The van der Waals surface area contributed by atoms with Gasteiger partial charge in [0.2, 0.25) is 5.91 Å². The van der Waals surface area contributed by atoms with Crippen molar-refractivity contribution in [1.82, 2.24) is 14.5 Å². The molecular formula is C27H28BrClF3N3O2S. The van der Waals surface area contributed by atoms with Gasteiger partial charge in [0, 0.05) is 58.5 Å². The van der Waals surface area contributed by atoms with Gasteiger partial charge in [-0.25, -0.2) is 13.2 Å². The van der Waals surface area contributed by atoms with Crippen molar-refractivity contribution in [3.05, 3.63) is 64.1 Å². The van der Waals surface area contributed by atoms with Gasteiger partial charge in [-0.1, -0.05) is 62.5 Å².